The molecule has 0 unspecified atom stereocenters. The third kappa shape index (κ3) is 5.96. The molecule has 4 heteroatoms. The summed E-state index contributed by atoms with van der Waals surface area (Å²) in [5, 5.41) is 18.8. The summed E-state index contributed by atoms with van der Waals surface area (Å²) < 4.78 is 0. The lowest BCUT2D eigenvalue weighted by Gasteiger charge is -2.16. The molecule has 9 aromatic carbocycles. The molecule has 55 heavy (non-hydrogen) atoms. The Kier molecular flexibility index (Phi) is 7.93. The van der Waals surface area contributed by atoms with E-state index in [0.717, 1.165) is 60.3 Å². The fraction of sp³-hybridized carbons (Fsp3) is 0. The van der Waals surface area contributed by atoms with Crippen molar-refractivity contribution >= 4 is 32.3 Å². The molecule has 0 amide bonds. The molecule has 4 nitrogen and oxygen atoms in total. The SMILES string of the molecule is Oc1cc(-c2ccc3ccc(-c4ccccc4)cc3c2)cc(-c2nc(-c3ccccc3)nc(-c3cc4ccccc4c4ccccc34)n2)c1-c1ccccc1. The molecular formula is C51H33N3O. The Morgan fingerprint density at radius 1 is 0.291 bits per heavy atom. The standard InChI is InChI=1S/C51H33N3O/c55-47-32-41(38-27-25-34-24-26-37(28-40(34)29-38)33-14-4-1-5-15-33)31-46(48(47)35-16-6-2-7-17-35)51-53-49(36-18-8-3-9-19-36)52-50(54-51)45-30-39-20-10-11-21-42(39)43-22-12-13-23-44(43)45/h1-32,55H. The molecule has 0 spiro atoms. The minimum absolute atomic E-state index is 0.149. The summed E-state index contributed by atoms with van der Waals surface area (Å²) in [4.78, 5) is 15.6. The third-order valence-corrected chi connectivity index (χ3v) is 10.4. The summed E-state index contributed by atoms with van der Waals surface area (Å²) >= 11 is 0. The van der Waals surface area contributed by atoms with E-state index in [9.17, 15) is 5.11 Å². The van der Waals surface area contributed by atoms with E-state index < -0.39 is 0 Å². The number of hydrogen-bond donors (Lipinski definition) is 1. The molecule has 1 aromatic heterocycles. The Bertz CT molecular complexity index is 3030. The zero-order valence-electron chi connectivity index (χ0n) is 29.8. The number of rotatable bonds is 6. The van der Waals surface area contributed by atoms with E-state index in [2.05, 4.69) is 121 Å². The Hall–Kier alpha value is -7.43. The van der Waals surface area contributed by atoms with E-state index in [1.165, 1.54) is 10.9 Å². The molecule has 0 atom stereocenters. The molecule has 0 fully saturated rings. The fourth-order valence-electron chi connectivity index (χ4n) is 7.69. The van der Waals surface area contributed by atoms with Gasteiger partial charge >= 0.3 is 0 Å². The molecule has 10 aromatic rings. The van der Waals surface area contributed by atoms with Gasteiger partial charge in [0.2, 0.25) is 0 Å². The zero-order chi connectivity index (χ0) is 36.7. The van der Waals surface area contributed by atoms with Crippen molar-refractivity contribution in [3.05, 3.63) is 194 Å². The second-order valence-corrected chi connectivity index (χ2v) is 13.8. The third-order valence-electron chi connectivity index (χ3n) is 10.4. The van der Waals surface area contributed by atoms with Gasteiger partial charge in [-0.25, -0.2) is 15.0 Å². The summed E-state index contributed by atoms with van der Waals surface area (Å²) in [6, 6.07) is 66.4. The van der Waals surface area contributed by atoms with Gasteiger partial charge in [-0.05, 0) is 90.5 Å². The van der Waals surface area contributed by atoms with Crippen LogP contribution in [0.4, 0.5) is 0 Å². The van der Waals surface area contributed by atoms with E-state index in [1.54, 1.807) is 0 Å². The number of phenols is 1. The molecule has 10 rings (SSSR count). The average molecular weight is 704 g/mol. The summed E-state index contributed by atoms with van der Waals surface area (Å²) in [5.41, 5.74) is 8.20. The van der Waals surface area contributed by atoms with Crippen molar-refractivity contribution in [2.75, 3.05) is 0 Å². The number of fused-ring (bicyclic) bond motifs is 4. The van der Waals surface area contributed by atoms with Gasteiger partial charge in [0.15, 0.2) is 17.5 Å². The molecule has 258 valence electrons. The summed E-state index contributed by atoms with van der Waals surface area (Å²) in [5.74, 6) is 1.75. The first-order chi connectivity index (χ1) is 27.2. The van der Waals surface area contributed by atoms with Crippen LogP contribution in [0.15, 0.2) is 194 Å². The van der Waals surface area contributed by atoms with Crippen LogP contribution in [-0.2, 0) is 0 Å². The lowest BCUT2D eigenvalue weighted by atomic mass is 9.92. The Morgan fingerprint density at radius 2 is 0.818 bits per heavy atom. The van der Waals surface area contributed by atoms with Crippen LogP contribution in [-0.4, -0.2) is 20.1 Å². The van der Waals surface area contributed by atoms with Crippen molar-refractivity contribution in [2.45, 2.75) is 0 Å². The van der Waals surface area contributed by atoms with Gasteiger partial charge < -0.3 is 5.11 Å². The highest BCUT2D eigenvalue weighted by atomic mass is 16.3. The predicted octanol–water partition coefficient (Wildman–Crippen LogP) is 13.0. The quantitative estimate of drug-likeness (QED) is 0.175. The van der Waals surface area contributed by atoms with Gasteiger partial charge in [-0.3, -0.25) is 0 Å². The summed E-state index contributed by atoms with van der Waals surface area (Å²) in [6.45, 7) is 0. The van der Waals surface area contributed by atoms with Crippen LogP contribution in [0, 0.1) is 0 Å². The summed E-state index contributed by atoms with van der Waals surface area (Å²) in [7, 11) is 0. The number of aromatic hydroxyl groups is 1. The second kappa shape index (κ2) is 13.5. The molecule has 1 heterocycles. The summed E-state index contributed by atoms with van der Waals surface area (Å²) in [6.07, 6.45) is 0. The van der Waals surface area contributed by atoms with Crippen molar-refractivity contribution in [2.24, 2.45) is 0 Å². The lowest BCUT2D eigenvalue weighted by molar-refractivity contribution is 0.477. The van der Waals surface area contributed by atoms with Gasteiger partial charge in [0.25, 0.3) is 0 Å². The molecular weight excluding hydrogens is 671 g/mol. The van der Waals surface area contributed by atoms with E-state index in [1.807, 2.05) is 72.8 Å². The van der Waals surface area contributed by atoms with E-state index in [-0.39, 0.29) is 5.75 Å². The first-order valence-corrected chi connectivity index (χ1v) is 18.4. The largest absolute Gasteiger partial charge is 0.507 e. The van der Waals surface area contributed by atoms with Crippen LogP contribution in [0.5, 0.6) is 5.75 Å². The zero-order valence-corrected chi connectivity index (χ0v) is 29.8. The Morgan fingerprint density at radius 3 is 1.51 bits per heavy atom. The number of benzene rings is 9. The van der Waals surface area contributed by atoms with Gasteiger partial charge in [0, 0.05) is 22.3 Å². The highest BCUT2D eigenvalue weighted by molar-refractivity contribution is 6.13. The van der Waals surface area contributed by atoms with Crippen LogP contribution < -0.4 is 0 Å². The van der Waals surface area contributed by atoms with Crippen LogP contribution in [0.25, 0.3) is 99.9 Å². The van der Waals surface area contributed by atoms with Crippen LogP contribution in [0.3, 0.4) is 0 Å². The first-order valence-electron chi connectivity index (χ1n) is 18.4. The smallest absolute Gasteiger partial charge is 0.164 e. The maximum absolute atomic E-state index is 12.0. The highest BCUT2D eigenvalue weighted by Crippen LogP contribution is 2.43. The average Bonchev–Trinajstić information content (AvgIpc) is 3.26. The van der Waals surface area contributed by atoms with Crippen molar-refractivity contribution in [3.63, 3.8) is 0 Å². The second-order valence-electron chi connectivity index (χ2n) is 13.8. The van der Waals surface area contributed by atoms with Crippen molar-refractivity contribution in [1.82, 2.24) is 15.0 Å². The number of aromatic nitrogens is 3. The van der Waals surface area contributed by atoms with E-state index in [0.29, 0.717) is 28.6 Å². The van der Waals surface area contributed by atoms with Gasteiger partial charge in [-0.15, -0.1) is 0 Å². The van der Waals surface area contributed by atoms with Crippen LogP contribution in [0.2, 0.25) is 0 Å². The minimum Gasteiger partial charge on any atom is -0.507 e. The van der Waals surface area contributed by atoms with Gasteiger partial charge in [0.05, 0.1) is 0 Å². The van der Waals surface area contributed by atoms with Crippen molar-refractivity contribution in [1.29, 1.82) is 0 Å². The number of nitrogens with zero attached hydrogens (tertiary/aromatic N) is 3. The first kappa shape index (κ1) is 32.2. The maximum atomic E-state index is 12.0. The van der Waals surface area contributed by atoms with E-state index >= 15 is 0 Å². The lowest BCUT2D eigenvalue weighted by Crippen LogP contribution is -2.02. The molecule has 0 bridgehead atoms. The van der Waals surface area contributed by atoms with E-state index in [4.69, 9.17) is 15.0 Å². The normalized spacial score (nSPS) is 11.3. The monoisotopic (exact) mass is 703 g/mol. The van der Waals surface area contributed by atoms with Crippen molar-refractivity contribution in [3.8, 4) is 73.3 Å². The topological polar surface area (TPSA) is 58.9 Å². The molecule has 0 saturated carbocycles. The minimum atomic E-state index is 0.149. The van der Waals surface area contributed by atoms with Gasteiger partial charge in [-0.1, -0.05) is 164 Å². The number of phenolic OH excluding ortho intramolecular Hbond substituents is 1. The maximum Gasteiger partial charge on any atom is 0.164 e. The molecule has 0 radical (unpaired) electrons. The fourth-order valence-corrected chi connectivity index (χ4v) is 7.69. The van der Waals surface area contributed by atoms with Crippen LogP contribution in [0.1, 0.15) is 0 Å². The molecule has 0 saturated heterocycles. The predicted molar refractivity (Wildman–Crippen MR) is 227 cm³/mol. The molecule has 0 aliphatic carbocycles. The molecule has 1 N–H and O–H groups in total. The Balaban J connectivity index is 1.22. The number of hydrogen-bond acceptors (Lipinski definition) is 4. The Labute approximate surface area is 318 Å². The van der Waals surface area contributed by atoms with Gasteiger partial charge in [-0.2, -0.15) is 0 Å². The molecule has 0 aliphatic rings. The van der Waals surface area contributed by atoms with Crippen LogP contribution >= 0.6 is 0 Å². The highest BCUT2D eigenvalue weighted by Gasteiger charge is 2.21. The van der Waals surface area contributed by atoms with Gasteiger partial charge in [0.1, 0.15) is 5.75 Å². The molecule has 0 aliphatic heterocycles. The van der Waals surface area contributed by atoms with Crippen molar-refractivity contribution < 1.29 is 5.11 Å².